The van der Waals surface area contributed by atoms with E-state index in [1.165, 1.54) is 6.92 Å². The van der Waals surface area contributed by atoms with Crippen LogP contribution in [0.5, 0.6) is 0 Å². The molecular formula is C22H36O7. The third-order valence-corrected chi connectivity index (χ3v) is 9.52. The van der Waals surface area contributed by atoms with Crippen LogP contribution in [0, 0.1) is 28.6 Å². The monoisotopic (exact) mass is 412 g/mol. The fourth-order valence-electron chi connectivity index (χ4n) is 8.14. The Labute approximate surface area is 172 Å². The van der Waals surface area contributed by atoms with Gasteiger partial charge in [0.2, 0.25) is 0 Å². The van der Waals surface area contributed by atoms with E-state index in [0.717, 1.165) is 0 Å². The van der Waals surface area contributed by atoms with E-state index < -0.39 is 57.8 Å². The molecule has 0 aromatic heterocycles. The van der Waals surface area contributed by atoms with Gasteiger partial charge in [0, 0.05) is 29.6 Å². The van der Waals surface area contributed by atoms with E-state index in [9.17, 15) is 30.3 Å². The number of fused-ring (bicyclic) bond motifs is 2. The summed E-state index contributed by atoms with van der Waals surface area (Å²) >= 11 is 0. The second-order valence-corrected chi connectivity index (χ2v) is 11.3. The predicted octanol–water partition coefficient (Wildman–Crippen LogP) is 0.739. The summed E-state index contributed by atoms with van der Waals surface area (Å²) in [7, 11) is 0. The Morgan fingerprint density at radius 2 is 1.59 bits per heavy atom. The topological polar surface area (TPSA) is 127 Å². The van der Waals surface area contributed by atoms with Crippen molar-refractivity contribution in [2.75, 3.05) is 0 Å². The normalized spacial score (nSPS) is 58.3. The number of aliphatic hydroxyl groups is 5. The van der Waals surface area contributed by atoms with Gasteiger partial charge in [0.25, 0.3) is 0 Å². The molecule has 0 heterocycles. The van der Waals surface area contributed by atoms with Crippen LogP contribution in [-0.4, -0.2) is 66.6 Å². The Balaban J connectivity index is 1.90. The molecule has 0 radical (unpaired) electrons. The second-order valence-electron chi connectivity index (χ2n) is 11.3. The summed E-state index contributed by atoms with van der Waals surface area (Å²) in [5, 5.41) is 57.0. The Morgan fingerprint density at radius 1 is 0.966 bits per heavy atom. The first-order valence-corrected chi connectivity index (χ1v) is 10.8. The molecule has 4 aliphatic rings. The van der Waals surface area contributed by atoms with Gasteiger partial charge in [0.1, 0.15) is 11.7 Å². The van der Waals surface area contributed by atoms with Crippen molar-refractivity contribution >= 4 is 5.97 Å². The minimum absolute atomic E-state index is 0.0988. The molecule has 0 unspecified atom stereocenters. The van der Waals surface area contributed by atoms with E-state index in [2.05, 4.69) is 0 Å². The summed E-state index contributed by atoms with van der Waals surface area (Å²) in [4.78, 5) is 11.9. The Bertz CT molecular complexity index is 716. The maximum Gasteiger partial charge on any atom is 0.302 e. The van der Waals surface area contributed by atoms with E-state index in [4.69, 9.17) is 4.74 Å². The summed E-state index contributed by atoms with van der Waals surface area (Å²) in [6, 6.07) is 0. The minimum Gasteiger partial charge on any atom is -0.462 e. The highest BCUT2D eigenvalue weighted by Crippen LogP contribution is 2.70. The first-order valence-electron chi connectivity index (χ1n) is 10.8. The van der Waals surface area contributed by atoms with E-state index in [1.807, 2.05) is 0 Å². The summed E-state index contributed by atoms with van der Waals surface area (Å²) < 4.78 is 5.75. The standard InChI is InChI=1S/C22H36O7/c1-11(23)29-17-12-6-7-13-20(5,27)14-8-15(24)18(2,3)22(14,28)16(25)9-21(13,17)10-19(12,4)26/h12-17,24-28H,6-10H2,1-5H3/t12-,13+,14+,15-,16-,17-,19-,20-,21+,22+/m1/s1. The Kier molecular flexibility index (Phi) is 4.41. The molecule has 10 atom stereocenters. The zero-order valence-corrected chi connectivity index (χ0v) is 18.1. The highest BCUT2D eigenvalue weighted by Gasteiger charge is 2.77. The van der Waals surface area contributed by atoms with Crippen LogP contribution in [-0.2, 0) is 9.53 Å². The molecule has 4 rings (SSSR count). The van der Waals surface area contributed by atoms with Crippen molar-refractivity contribution < 1.29 is 35.1 Å². The molecule has 7 nitrogen and oxygen atoms in total. The number of hydrogen-bond donors (Lipinski definition) is 5. The van der Waals surface area contributed by atoms with Gasteiger partial charge in [-0.25, -0.2) is 0 Å². The predicted molar refractivity (Wildman–Crippen MR) is 104 cm³/mol. The first kappa shape index (κ1) is 21.5. The summed E-state index contributed by atoms with van der Waals surface area (Å²) in [5.41, 5.74) is -6.08. The van der Waals surface area contributed by atoms with Crippen molar-refractivity contribution in [3.8, 4) is 0 Å². The van der Waals surface area contributed by atoms with Crippen LogP contribution >= 0.6 is 0 Å². The quantitative estimate of drug-likeness (QED) is 0.402. The molecule has 4 saturated carbocycles. The number of hydrogen-bond acceptors (Lipinski definition) is 7. The molecule has 2 bridgehead atoms. The first-order chi connectivity index (χ1) is 13.1. The fourth-order valence-corrected chi connectivity index (χ4v) is 8.14. The number of carbonyl (C=O) groups is 1. The lowest BCUT2D eigenvalue weighted by Gasteiger charge is -2.51. The van der Waals surface area contributed by atoms with Gasteiger partial charge in [0.05, 0.1) is 23.4 Å². The number of carbonyl (C=O) groups excluding carboxylic acids is 1. The van der Waals surface area contributed by atoms with Gasteiger partial charge < -0.3 is 30.3 Å². The van der Waals surface area contributed by atoms with Crippen LogP contribution < -0.4 is 0 Å². The SMILES string of the molecule is CC(=O)O[C@@H]1[C@H]2CC[C@H]3[C@@](C)(O)[C@@H]4C[C@@H](O)C(C)(C)[C@@]4(O)[C@H](O)C[C@@]13C[C@@]2(C)O. The van der Waals surface area contributed by atoms with Crippen molar-refractivity contribution in [2.24, 2.45) is 28.6 Å². The van der Waals surface area contributed by atoms with Crippen LogP contribution in [0.25, 0.3) is 0 Å². The molecule has 7 heteroatoms. The molecular weight excluding hydrogens is 376 g/mol. The van der Waals surface area contributed by atoms with Crippen molar-refractivity contribution in [1.29, 1.82) is 0 Å². The van der Waals surface area contributed by atoms with Gasteiger partial charge in [-0.15, -0.1) is 0 Å². The highest BCUT2D eigenvalue weighted by molar-refractivity contribution is 5.66. The summed E-state index contributed by atoms with van der Waals surface area (Å²) in [6.07, 6.45) is -0.985. The summed E-state index contributed by atoms with van der Waals surface area (Å²) in [5.74, 6) is -1.86. The fraction of sp³-hybridized carbons (Fsp3) is 0.955. The molecule has 166 valence electrons. The van der Waals surface area contributed by atoms with Gasteiger partial charge in [0.15, 0.2) is 0 Å². The lowest BCUT2D eigenvalue weighted by Crippen LogP contribution is -2.60. The zero-order valence-electron chi connectivity index (χ0n) is 18.1. The molecule has 0 saturated heterocycles. The van der Waals surface area contributed by atoms with Crippen molar-refractivity contribution in [2.45, 2.75) is 102 Å². The maximum absolute atomic E-state index is 11.9. The average molecular weight is 413 g/mol. The highest BCUT2D eigenvalue weighted by atomic mass is 16.5. The van der Waals surface area contributed by atoms with Crippen LogP contribution in [0.2, 0.25) is 0 Å². The van der Waals surface area contributed by atoms with E-state index in [0.29, 0.717) is 12.8 Å². The Hall–Kier alpha value is -0.730. The number of ether oxygens (including phenoxy) is 1. The molecule has 0 aromatic rings. The molecule has 4 aliphatic carbocycles. The molecule has 29 heavy (non-hydrogen) atoms. The van der Waals surface area contributed by atoms with E-state index >= 15 is 0 Å². The molecule has 0 aromatic carbocycles. The molecule has 5 N–H and O–H groups in total. The minimum atomic E-state index is -1.70. The summed E-state index contributed by atoms with van der Waals surface area (Å²) in [6.45, 7) is 8.20. The van der Waals surface area contributed by atoms with E-state index in [1.54, 1.807) is 27.7 Å². The average Bonchev–Trinajstić information content (AvgIpc) is 2.80. The van der Waals surface area contributed by atoms with Gasteiger partial charge in [-0.2, -0.15) is 0 Å². The van der Waals surface area contributed by atoms with Crippen LogP contribution in [0.1, 0.15) is 66.7 Å². The van der Waals surface area contributed by atoms with Gasteiger partial charge in [-0.1, -0.05) is 13.8 Å². The number of rotatable bonds is 1. The smallest absolute Gasteiger partial charge is 0.302 e. The lowest BCUT2D eigenvalue weighted by molar-refractivity contribution is -0.202. The van der Waals surface area contributed by atoms with Crippen LogP contribution in [0.4, 0.5) is 0 Å². The Morgan fingerprint density at radius 3 is 2.17 bits per heavy atom. The number of aliphatic hydroxyl groups excluding tert-OH is 2. The van der Waals surface area contributed by atoms with Crippen molar-refractivity contribution in [1.82, 2.24) is 0 Å². The third-order valence-electron chi connectivity index (χ3n) is 9.52. The molecule has 1 spiro atoms. The van der Waals surface area contributed by atoms with Gasteiger partial charge in [-0.3, -0.25) is 4.79 Å². The molecule has 0 aliphatic heterocycles. The lowest BCUT2D eigenvalue weighted by atomic mass is 9.57. The molecule has 0 amide bonds. The van der Waals surface area contributed by atoms with E-state index in [-0.39, 0.29) is 31.1 Å². The van der Waals surface area contributed by atoms with Crippen molar-refractivity contribution in [3.05, 3.63) is 0 Å². The zero-order chi connectivity index (χ0) is 21.8. The second kappa shape index (κ2) is 5.94. The van der Waals surface area contributed by atoms with Crippen molar-refractivity contribution in [3.63, 3.8) is 0 Å². The third kappa shape index (κ3) is 2.45. The van der Waals surface area contributed by atoms with Gasteiger partial charge >= 0.3 is 5.97 Å². The maximum atomic E-state index is 11.9. The van der Waals surface area contributed by atoms with Crippen LogP contribution in [0.15, 0.2) is 0 Å². The number of esters is 1. The van der Waals surface area contributed by atoms with Gasteiger partial charge in [-0.05, 0) is 51.9 Å². The van der Waals surface area contributed by atoms with Crippen LogP contribution in [0.3, 0.4) is 0 Å². The largest absolute Gasteiger partial charge is 0.462 e. The molecule has 4 fully saturated rings.